The summed E-state index contributed by atoms with van der Waals surface area (Å²) in [6, 6.07) is 0. The van der Waals surface area contributed by atoms with E-state index >= 15 is 0 Å². The molecule has 0 spiro atoms. The average molecular weight is 193 g/mol. The summed E-state index contributed by atoms with van der Waals surface area (Å²) in [7, 11) is 0. The lowest BCUT2D eigenvalue weighted by Crippen LogP contribution is -2.09. The van der Waals surface area contributed by atoms with Gasteiger partial charge in [-0.15, -0.1) is 0 Å². The highest BCUT2D eigenvalue weighted by Gasteiger charge is 2.03. The molecule has 0 fully saturated rings. The Hall–Kier alpha value is 0.180. The number of aliphatic hydroxyl groups excluding tert-OH is 1. The SMILES string of the molecule is C/C(Br)=C\C(C)[C@@H](C)O. The van der Waals surface area contributed by atoms with E-state index in [9.17, 15) is 0 Å². The molecule has 0 saturated heterocycles. The van der Waals surface area contributed by atoms with Crippen LogP contribution in [0.1, 0.15) is 20.8 Å². The maximum Gasteiger partial charge on any atom is 0.0572 e. The van der Waals surface area contributed by atoms with E-state index in [0.29, 0.717) is 0 Å². The number of rotatable bonds is 2. The summed E-state index contributed by atoms with van der Waals surface area (Å²) in [4.78, 5) is 0. The summed E-state index contributed by atoms with van der Waals surface area (Å²) in [5, 5.41) is 9.00. The zero-order chi connectivity index (χ0) is 7.44. The third-order valence-corrected chi connectivity index (χ3v) is 1.52. The molecule has 0 saturated carbocycles. The first-order chi connectivity index (χ1) is 4.04. The Kier molecular flexibility index (Phi) is 4.15. The molecule has 0 heterocycles. The van der Waals surface area contributed by atoms with E-state index < -0.39 is 0 Å². The molecule has 0 amide bonds. The summed E-state index contributed by atoms with van der Waals surface area (Å²) < 4.78 is 1.08. The summed E-state index contributed by atoms with van der Waals surface area (Å²) in [6.45, 7) is 5.73. The standard InChI is InChI=1S/C7H13BrO/c1-5(7(3)9)4-6(2)8/h4-5,7,9H,1-3H3/b6-4+/t5?,7-/m1/s1. The van der Waals surface area contributed by atoms with Gasteiger partial charge >= 0.3 is 0 Å². The van der Waals surface area contributed by atoms with Crippen molar-refractivity contribution in [1.82, 2.24) is 0 Å². The Morgan fingerprint density at radius 1 is 1.56 bits per heavy atom. The molecule has 54 valence electrons. The summed E-state index contributed by atoms with van der Waals surface area (Å²) in [5.41, 5.74) is 0. The van der Waals surface area contributed by atoms with E-state index in [4.69, 9.17) is 5.11 Å². The van der Waals surface area contributed by atoms with Crippen molar-refractivity contribution in [1.29, 1.82) is 0 Å². The van der Waals surface area contributed by atoms with Gasteiger partial charge in [-0.3, -0.25) is 0 Å². The van der Waals surface area contributed by atoms with Crippen molar-refractivity contribution >= 4 is 15.9 Å². The summed E-state index contributed by atoms with van der Waals surface area (Å²) in [6.07, 6.45) is 1.74. The minimum atomic E-state index is -0.252. The topological polar surface area (TPSA) is 20.2 Å². The Morgan fingerprint density at radius 2 is 2.00 bits per heavy atom. The maximum atomic E-state index is 9.00. The normalized spacial score (nSPS) is 19.4. The molecule has 0 radical (unpaired) electrons. The van der Waals surface area contributed by atoms with Crippen LogP contribution in [0.25, 0.3) is 0 Å². The second-order valence-electron chi connectivity index (χ2n) is 2.35. The molecule has 0 aliphatic heterocycles. The monoisotopic (exact) mass is 192 g/mol. The lowest BCUT2D eigenvalue weighted by molar-refractivity contribution is 0.157. The molecule has 2 atom stereocenters. The van der Waals surface area contributed by atoms with Crippen molar-refractivity contribution < 1.29 is 5.11 Å². The van der Waals surface area contributed by atoms with Crippen molar-refractivity contribution in [3.63, 3.8) is 0 Å². The molecule has 2 heteroatoms. The highest BCUT2D eigenvalue weighted by atomic mass is 79.9. The van der Waals surface area contributed by atoms with Gasteiger partial charge in [0.05, 0.1) is 6.10 Å². The zero-order valence-corrected chi connectivity index (χ0v) is 7.64. The predicted octanol–water partition coefficient (Wildman–Crippen LogP) is 2.30. The van der Waals surface area contributed by atoms with Crippen LogP contribution in [0.5, 0.6) is 0 Å². The van der Waals surface area contributed by atoms with Gasteiger partial charge in [-0.2, -0.15) is 0 Å². The highest BCUT2D eigenvalue weighted by Crippen LogP contribution is 2.11. The number of halogens is 1. The van der Waals surface area contributed by atoms with Crippen LogP contribution in [0, 0.1) is 5.92 Å². The number of hydrogen-bond donors (Lipinski definition) is 1. The first kappa shape index (κ1) is 9.18. The van der Waals surface area contributed by atoms with Crippen LogP contribution in [-0.2, 0) is 0 Å². The Morgan fingerprint density at radius 3 is 2.11 bits per heavy atom. The molecule has 9 heavy (non-hydrogen) atoms. The Labute approximate surface area is 64.9 Å². The van der Waals surface area contributed by atoms with Crippen molar-refractivity contribution in [3.8, 4) is 0 Å². The van der Waals surface area contributed by atoms with Crippen LogP contribution in [0.3, 0.4) is 0 Å². The minimum Gasteiger partial charge on any atom is -0.393 e. The maximum absolute atomic E-state index is 9.00. The van der Waals surface area contributed by atoms with E-state index in [-0.39, 0.29) is 12.0 Å². The Balaban J connectivity index is 3.76. The van der Waals surface area contributed by atoms with Gasteiger partial charge in [0.25, 0.3) is 0 Å². The van der Waals surface area contributed by atoms with Gasteiger partial charge in [-0.25, -0.2) is 0 Å². The lowest BCUT2D eigenvalue weighted by Gasteiger charge is -2.08. The molecule has 0 bridgehead atoms. The molecular weight excluding hydrogens is 180 g/mol. The third kappa shape index (κ3) is 4.67. The van der Waals surface area contributed by atoms with E-state index in [1.807, 2.05) is 19.9 Å². The zero-order valence-electron chi connectivity index (χ0n) is 6.06. The number of allylic oxidation sites excluding steroid dienone is 1. The molecule has 0 aliphatic carbocycles. The third-order valence-electron chi connectivity index (χ3n) is 1.25. The van der Waals surface area contributed by atoms with Crippen LogP contribution >= 0.6 is 15.9 Å². The van der Waals surface area contributed by atoms with Crippen LogP contribution in [0.4, 0.5) is 0 Å². The molecule has 1 nitrogen and oxygen atoms in total. The van der Waals surface area contributed by atoms with E-state index in [2.05, 4.69) is 15.9 Å². The number of aliphatic hydroxyl groups is 1. The summed E-state index contributed by atoms with van der Waals surface area (Å²) in [5.74, 6) is 0.240. The van der Waals surface area contributed by atoms with Crippen LogP contribution in [0.2, 0.25) is 0 Å². The second kappa shape index (κ2) is 4.07. The van der Waals surface area contributed by atoms with E-state index in [0.717, 1.165) is 4.48 Å². The first-order valence-electron chi connectivity index (χ1n) is 3.06. The lowest BCUT2D eigenvalue weighted by atomic mass is 10.1. The van der Waals surface area contributed by atoms with Gasteiger partial charge in [0.1, 0.15) is 0 Å². The molecule has 0 aliphatic rings. The van der Waals surface area contributed by atoms with E-state index in [1.54, 1.807) is 6.92 Å². The van der Waals surface area contributed by atoms with Crippen molar-refractivity contribution in [3.05, 3.63) is 10.6 Å². The van der Waals surface area contributed by atoms with Gasteiger partial charge in [0.15, 0.2) is 0 Å². The molecule has 0 rings (SSSR count). The van der Waals surface area contributed by atoms with Crippen LogP contribution in [-0.4, -0.2) is 11.2 Å². The van der Waals surface area contributed by atoms with Gasteiger partial charge in [-0.05, 0) is 18.3 Å². The molecule has 0 aromatic carbocycles. The fourth-order valence-electron chi connectivity index (χ4n) is 0.502. The van der Waals surface area contributed by atoms with Crippen molar-refractivity contribution in [2.45, 2.75) is 26.9 Å². The smallest absolute Gasteiger partial charge is 0.0572 e. The van der Waals surface area contributed by atoms with Crippen LogP contribution < -0.4 is 0 Å². The fraction of sp³-hybridized carbons (Fsp3) is 0.714. The molecule has 0 aromatic heterocycles. The van der Waals surface area contributed by atoms with Gasteiger partial charge in [0, 0.05) is 5.92 Å². The Bertz CT molecular complexity index is 103. The molecule has 1 unspecified atom stereocenters. The average Bonchev–Trinajstić information content (AvgIpc) is 1.63. The molecule has 0 aromatic rings. The first-order valence-corrected chi connectivity index (χ1v) is 3.85. The molecule has 1 N–H and O–H groups in total. The quantitative estimate of drug-likeness (QED) is 0.713. The second-order valence-corrected chi connectivity index (χ2v) is 3.60. The largest absolute Gasteiger partial charge is 0.393 e. The fourth-order valence-corrected chi connectivity index (χ4v) is 0.918. The van der Waals surface area contributed by atoms with Gasteiger partial charge in [-0.1, -0.05) is 28.9 Å². The summed E-state index contributed by atoms with van der Waals surface area (Å²) >= 11 is 3.29. The van der Waals surface area contributed by atoms with Crippen LogP contribution in [0.15, 0.2) is 10.6 Å². The minimum absolute atomic E-state index is 0.240. The van der Waals surface area contributed by atoms with Gasteiger partial charge in [0.2, 0.25) is 0 Å². The molecular formula is C7H13BrO. The number of hydrogen-bond acceptors (Lipinski definition) is 1. The van der Waals surface area contributed by atoms with Crippen molar-refractivity contribution in [2.75, 3.05) is 0 Å². The predicted molar refractivity (Wildman–Crippen MR) is 43.5 cm³/mol. The van der Waals surface area contributed by atoms with E-state index in [1.165, 1.54) is 0 Å². The van der Waals surface area contributed by atoms with Gasteiger partial charge < -0.3 is 5.11 Å². The highest BCUT2D eigenvalue weighted by molar-refractivity contribution is 9.11. The van der Waals surface area contributed by atoms with Crippen molar-refractivity contribution in [2.24, 2.45) is 5.92 Å².